The van der Waals surface area contributed by atoms with Crippen molar-refractivity contribution in [2.24, 2.45) is 0 Å². The van der Waals surface area contributed by atoms with Crippen LogP contribution in [0.2, 0.25) is 5.02 Å². The summed E-state index contributed by atoms with van der Waals surface area (Å²) in [5.74, 6) is 0.601. The van der Waals surface area contributed by atoms with E-state index in [1.807, 2.05) is 56.4 Å². The summed E-state index contributed by atoms with van der Waals surface area (Å²) in [5.41, 5.74) is 1.54. The van der Waals surface area contributed by atoms with Crippen LogP contribution in [0.3, 0.4) is 0 Å². The number of quaternary nitrogens is 1. The van der Waals surface area contributed by atoms with Crippen molar-refractivity contribution in [3.8, 4) is 0 Å². The van der Waals surface area contributed by atoms with E-state index in [0.29, 0.717) is 34.8 Å². The van der Waals surface area contributed by atoms with Crippen molar-refractivity contribution in [3.63, 3.8) is 0 Å². The topological polar surface area (TPSA) is 79.7 Å². The zero-order valence-electron chi connectivity index (χ0n) is 16.0. The van der Waals surface area contributed by atoms with E-state index >= 15 is 0 Å². The molecule has 148 valence electrons. The van der Waals surface area contributed by atoms with Crippen LogP contribution in [0.5, 0.6) is 0 Å². The average molecular weight is 403 g/mol. The van der Waals surface area contributed by atoms with Gasteiger partial charge in [0, 0.05) is 5.02 Å². The van der Waals surface area contributed by atoms with Gasteiger partial charge in [0.25, 0.3) is 5.56 Å². The first-order chi connectivity index (χ1) is 13.4. The quantitative estimate of drug-likeness (QED) is 0.536. The molecule has 0 saturated heterocycles. The normalized spacial score (nSPS) is 14.7. The van der Waals surface area contributed by atoms with Crippen molar-refractivity contribution in [2.75, 3.05) is 20.2 Å². The summed E-state index contributed by atoms with van der Waals surface area (Å²) in [4.78, 5) is 20.5. The first-order valence-electron chi connectivity index (χ1n) is 9.26. The van der Waals surface area contributed by atoms with Gasteiger partial charge in [0.05, 0.1) is 30.7 Å². The zero-order valence-corrected chi connectivity index (χ0v) is 16.7. The Kier molecular flexibility index (Phi) is 6.80. The number of hydrogen-bond acceptors (Lipinski definition) is 4. The number of aromatic nitrogens is 2. The zero-order chi connectivity index (χ0) is 20.1. The van der Waals surface area contributed by atoms with Crippen molar-refractivity contribution in [2.45, 2.75) is 25.7 Å². The van der Waals surface area contributed by atoms with Gasteiger partial charge in [-0.25, -0.2) is 4.98 Å². The highest BCUT2D eigenvalue weighted by molar-refractivity contribution is 6.30. The van der Waals surface area contributed by atoms with Crippen molar-refractivity contribution in [1.82, 2.24) is 9.97 Å². The second kappa shape index (κ2) is 9.30. The van der Waals surface area contributed by atoms with Crippen LogP contribution >= 0.6 is 11.6 Å². The molecule has 1 heterocycles. The van der Waals surface area contributed by atoms with Gasteiger partial charge in [-0.3, -0.25) is 4.79 Å². The highest BCUT2D eigenvalue weighted by Crippen LogP contribution is 2.19. The summed E-state index contributed by atoms with van der Waals surface area (Å²) in [6, 6.07) is 14.7. The van der Waals surface area contributed by atoms with E-state index in [2.05, 4.69) is 9.97 Å². The fourth-order valence-corrected chi connectivity index (χ4v) is 3.25. The fraction of sp³-hybridized carbons (Fsp3) is 0.333. The molecule has 0 radical (unpaired) electrons. The average Bonchev–Trinajstić information content (AvgIpc) is 2.66. The molecule has 0 fully saturated rings. The Morgan fingerprint density at radius 3 is 2.68 bits per heavy atom. The number of H-pyrrole nitrogens is 1. The standard InChI is InChI=1S/C21H24ClN3O3/c1-14(15-7-9-16(22)10-8-15)28-13-17(26)11-25(2)12-20-23-19-6-4-3-5-18(19)21(27)24-20/h3-10,14,17,26H,11-13H2,1-2H3,(H,23,24,27)/p+1/t14-,17-/m1/s1. The van der Waals surface area contributed by atoms with E-state index in [9.17, 15) is 9.90 Å². The fourth-order valence-electron chi connectivity index (χ4n) is 3.12. The third-order valence-electron chi connectivity index (χ3n) is 4.59. The van der Waals surface area contributed by atoms with Gasteiger partial charge in [-0.2, -0.15) is 0 Å². The molecule has 1 aromatic heterocycles. The van der Waals surface area contributed by atoms with E-state index in [1.54, 1.807) is 6.07 Å². The SMILES string of the molecule is C[C@@H](OC[C@H](O)C[NH+](C)Cc1nc2ccccc2c(=O)[nH]1)c1ccc(Cl)cc1. The third-order valence-corrected chi connectivity index (χ3v) is 4.85. The van der Waals surface area contributed by atoms with Crippen molar-refractivity contribution >= 4 is 22.5 Å². The molecule has 0 aliphatic heterocycles. The van der Waals surface area contributed by atoms with E-state index < -0.39 is 6.10 Å². The highest BCUT2D eigenvalue weighted by Gasteiger charge is 2.16. The summed E-state index contributed by atoms with van der Waals surface area (Å²) in [7, 11) is 1.95. The number of rotatable bonds is 8. The molecule has 1 unspecified atom stereocenters. The molecule has 3 rings (SSSR count). The minimum atomic E-state index is -0.623. The Labute approximate surface area is 168 Å². The molecular formula is C21H25ClN3O3+. The molecule has 2 aromatic carbocycles. The third kappa shape index (κ3) is 5.39. The summed E-state index contributed by atoms with van der Waals surface area (Å²) < 4.78 is 5.78. The van der Waals surface area contributed by atoms with Crippen LogP contribution < -0.4 is 10.5 Å². The molecule has 0 bridgehead atoms. The van der Waals surface area contributed by atoms with Crippen LogP contribution in [-0.4, -0.2) is 41.4 Å². The van der Waals surface area contributed by atoms with E-state index in [0.717, 1.165) is 10.5 Å². The summed E-state index contributed by atoms with van der Waals surface area (Å²) in [6.45, 7) is 3.15. The predicted octanol–water partition coefficient (Wildman–Crippen LogP) is 1.73. The Bertz CT molecular complexity index is 975. The van der Waals surface area contributed by atoms with Crippen molar-refractivity contribution < 1.29 is 14.7 Å². The number of ether oxygens (including phenoxy) is 1. The molecule has 0 aliphatic rings. The molecule has 6 nitrogen and oxygen atoms in total. The molecule has 28 heavy (non-hydrogen) atoms. The Hall–Kier alpha value is -2.25. The number of aromatic amines is 1. The molecule has 0 aliphatic carbocycles. The first kappa shape index (κ1) is 20.5. The number of nitrogens with one attached hydrogen (secondary N) is 2. The molecule has 0 saturated carbocycles. The van der Waals surface area contributed by atoms with Gasteiger partial charge in [-0.05, 0) is 36.8 Å². The minimum absolute atomic E-state index is 0.134. The predicted molar refractivity (Wildman–Crippen MR) is 110 cm³/mol. The molecular weight excluding hydrogens is 378 g/mol. The maximum atomic E-state index is 12.2. The first-order valence-corrected chi connectivity index (χ1v) is 9.64. The van der Waals surface area contributed by atoms with Crippen LogP contribution in [0.15, 0.2) is 53.3 Å². The minimum Gasteiger partial charge on any atom is -0.385 e. The number of benzene rings is 2. The number of aliphatic hydroxyl groups is 1. The summed E-state index contributed by atoms with van der Waals surface area (Å²) in [5, 5.41) is 11.6. The van der Waals surface area contributed by atoms with Crippen molar-refractivity contribution in [3.05, 3.63) is 75.3 Å². The number of fused-ring (bicyclic) bond motifs is 1. The number of hydrogen-bond donors (Lipinski definition) is 3. The van der Waals surface area contributed by atoms with Crippen LogP contribution in [0.4, 0.5) is 0 Å². The Morgan fingerprint density at radius 1 is 1.21 bits per heavy atom. The molecule has 0 amide bonds. The number of aliphatic hydroxyl groups excluding tert-OH is 1. The molecule has 3 atom stereocenters. The van der Waals surface area contributed by atoms with Gasteiger partial charge in [0.2, 0.25) is 0 Å². The maximum absolute atomic E-state index is 12.2. The largest absolute Gasteiger partial charge is 0.385 e. The van der Waals surface area contributed by atoms with Gasteiger partial charge in [0.15, 0.2) is 5.82 Å². The summed E-state index contributed by atoms with van der Waals surface area (Å²) >= 11 is 5.90. The lowest BCUT2D eigenvalue weighted by molar-refractivity contribution is -0.897. The second-order valence-electron chi connectivity index (χ2n) is 7.05. The lowest BCUT2D eigenvalue weighted by Gasteiger charge is -2.20. The number of nitrogens with zero attached hydrogens (tertiary/aromatic N) is 1. The van der Waals surface area contributed by atoms with Gasteiger partial charge >= 0.3 is 0 Å². The van der Waals surface area contributed by atoms with Gasteiger partial charge in [-0.15, -0.1) is 0 Å². The molecule has 3 N–H and O–H groups in total. The van der Waals surface area contributed by atoms with E-state index in [1.165, 1.54) is 0 Å². The second-order valence-corrected chi connectivity index (χ2v) is 7.49. The Morgan fingerprint density at radius 2 is 1.93 bits per heavy atom. The van der Waals surface area contributed by atoms with E-state index in [-0.39, 0.29) is 18.3 Å². The van der Waals surface area contributed by atoms with Gasteiger partial charge in [-0.1, -0.05) is 35.9 Å². The van der Waals surface area contributed by atoms with Crippen molar-refractivity contribution in [1.29, 1.82) is 0 Å². The van der Waals surface area contributed by atoms with Crippen LogP contribution in [0, 0.1) is 0 Å². The molecule has 7 heteroatoms. The maximum Gasteiger partial charge on any atom is 0.258 e. The van der Waals surface area contributed by atoms with Crippen LogP contribution in [-0.2, 0) is 11.3 Å². The van der Waals surface area contributed by atoms with Gasteiger partial charge < -0.3 is 19.7 Å². The Balaban J connectivity index is 1.52. The molecule has 3 aromatic rings. The lowest BCUT2D eigenvalue weighted by atomic mass is 10.1. The number of likely N-dealkylation sites (N-methyl/N-ethyl adjacent to an activating group) is 1. The smallest absolute Gasteiger partial charge is 0.258 e. The van der Waals surface area contributed by atoms with Gasteiger partial charge in [0.1, 0.15) is 19.2 Å². The van der Waals surface area contributed by atoms with Crippen LogP contribution in [0.25, 0.3) is 10.9 Å². The van der Waals surface area contributed by atoms with Crippen LogP contribution in [0.1, 0.15) is 24.4 Å². The lowest BCUT2D eigenvalue weighted by Crippen LogP contribution is -3.09. The number of para-hydroxylation sites is 1. The monoisotopic (exact) mass is 402 g/mol. The highest BCUT2D eigenvalue weighted by atomic mass is 35.5. The van der Waals surface area contributed by atoms with E-state index in [4.69, 9.17) is 16.3 Å². The number of halogens is 1. The summed E-state index contributed by atoms with van der Waals surface area (Å²) in [6.07, 6.45) is -0.757. The molecule has 0 spiro atoms.